The number of rotatable bonds is 5. The fraction of sp³-hybridized carbons (Fsp3) is 0.0847. The maximum absolute atomic E-state index is 8.92. The van der Waals surface area contributed by atoms with Crippen LogP contribution in [-0.4, -0.2) is 14.8 Å². The number of aryl methyl sites for hydroxylation is 1. The molecular weight excluding hydrogens is 794 g/mol. The lowest BCUT2D eigenvalue weighted by molar-refractivity contribution is 0.590. The molecule has 0 amide bonds. The monoisotopic (exact) mass is 844 g/mol. The zero-order valence-electron chi connectivity index (χ0n) is 40.7. The summed E-state index contributed by atoms with van der Waals surface area (Å²) in [6.07, 6.45) is 0. The largest absolute Gasteiger partial charge is 0.311 e. The number of hydrogen-bond donors (Lipinski definition) is 0. The molecule has 300 valence electrons. The molecule has 0 spiro atoms. The van der Waals surface area contributed by atoms with Gasteiger partial charge < -0.3 is 4.90 Å². The second-order valence-corrected chi connectivity index (χ2v) is 23.0. The van der Waals surface area contributed by atoms with E-state index in [4.69, 9.17) is 6.85 Å². The molecule has 0 aliphatic carbocycles. The van der Waals surface area contributed by atoms with Crippen molar-refractivity contribution in [2.75, 3.05) is 4.90 Å². The number of nitrogens with zero attached hydrogens (tertiary/aromatic N) is 1. The lowest BCUT2D eigenvalue weighted by Gasteiger charge is -2.42. The maximum Gasteiger partial charge on any atom is 0.249 e. The van der Waals surface area contributed by atoms with E-state index in [1.165, 1.54) is 53.9 Å². The van der Waals surface area contributed by atoms with E-state index in [0.717, 1.165) is 43.4 Å². The highest BCUT2D eigenvalue weighted by Gasteiger charge is 2.51. The first-order valence-electron chi connectivity index (χ1n) is 24.3. The van der Waals surface area contributed by atoms with E-state index in [1.807, 2.05) is 6.07 Å². The molecule has 9 aromatic rings. The number of fused-ring (bicyclic) bond motifs is 7. The van der Waals surface area contributed by atoms with Crippen LogP contribution in [0.4, 0.5) is 17.1 Å². The Morgan fingerprint density at radius 3 is 1.90 bits per heavy atom. The summed E-state index contributed by atoms with van der Waals surface area (Å²) in [6, 6.07) is 63.8. The van der Waals surface area contributed by atoms with E-state index in [1.54, 1.807) is 11.8 Å². The first kappa shape index (κ1) is 33.0. The van der Waals surface area contributed by atoms with Gasteiger partial charge in [0.1, 0.15) is 0 Å². The van der Waals surface area contributed by atoms with Gasteiger partial charge in [-0.05, 0) is 119 Å². The first-order valence-corrected chi connectivity index (χ1v) is 24.6. The van der Waals surface area contributed by atoms with Crippen LogP contribution in [0.1, 0.15) is 38.8 Å². The smallest absolute Gasteiger partial charge is 0.249 e. The molecule has 9 aromatic carbocycles. The Morgan fingerprint density at radius 2 is 1.19 bits per heavy atom. The van der Waals surface area contributed by atoms with Crippen LogP contribution < -0.4 is 42.0 Å². The van der Waals surface area contributed by atoms with Crippen LogP contribution in [0, 0.1) is 6.92 Å². The summed E-state index contributed by atoms with van der Waals surface area (Å²) in [4.78, 5) is 4.71. The molecule has 0 saturated carbocycles. The molecule has 0 atom stereocenters. The third-order valence-corrected chi connectivity index (χ3v) is 19.5. The van der Waals surface area contributed by atoms with Crippen LogP contribution in [0.3, 0.4) is 0 Å². The van der Waals surface area contributed by atoms with Gasteiger partial charge >= 0.3 is 0 Å². The van der Waals surface area contributed by atoms with Crippen LogP contribution in [-0.2, 0) is 5.41 Å². The Hall–Kier alpha value is -6.59. The molecule has 0 aromatic heterocycles. The molecule has 3 heterocycles. The van der Waals surface area contributed by atoms with Gasteiger partial charge in [-0.2, -0.15) is 0 Å². The summed E-state index contributed by atoms with van der Waals surface area (Å²) < 4.78 is 43.2. The molecule has 3 aliphatic rings. The molecular formula is C59H46BNSSi. The lowest BCUT2D eigenvalue weighted by Crippen LogP contribution is -2.73. The number of anilines is 3. The van der Waals surface area contributed by atoms with Crippen LogP contribution in [0.15, 0.2) is 216 Å². The second kappa shape index (κ2) is 14.5. The van der Waals surface area contributed by atoms with Gasteiger partial charge in [0.15, 0.2) is 8.07 Å². The topological polar surface area (TPSA) is 3.24 Å². The normalized spacial score (nSPS) is 15.1. The second-order valence-electron chi connectivity index (χ2n) is 18.2. The fourth-order valence-corrected chi connectivity index (χ4v) is 17.2. The Morgan fingerprint density at radius 1 is 0.508 bits per heavy atom. The summed E-state index contributed by atoms with van der Waals surface area (Å²) in [6.45, 7) is 8.85. The van der Waals surface area contributed by atoms with Crippen molar-refractivity contribution in [3.63, 3.8) is 0 Å². The van der Waals surface area contributed by atoms with E-state index in [2.05, 4.69) is 202 Å². The molecule has 0 bridgehead atoms. The van der Waals surface area contributed by atoms with Gasteiger partial charge in [0.25, 0.3) is 0 Å². The standard InChI is InChI=1S/C59H46BNSSi/c1-39-33-53-58-55(34-39)62-54-35-42(40-19-9-5-10-20-40)29-31-49(54)60(58)50-38-57-48(37-52(50)61(53)51-32-30-43(59(2,3)4)36-47(51)41-21-11-6-12-22-41)46-27-17-18-28-56(46)63(57,44-23-13-7-14-24-44)45-25-15-8-16-26-45/h5-38H,1-4H3/i5D,9D,10D,19D,20D. The molecule has 12 rings (SSSR count). The van der Waals surface area contributed by atoms with Gasteiger partial charge in [-0.15, -0.1) is 0 Å². The average molecular weight is 845 g/mol. The Kier molecular flexibility index (Phi) is 7.60. The Balaban J connectivity index is 1.20. The van der Waals surface area contributed by atoms with Crippen molar-refractivity contribution in [3.8, 4) is 33.4 Å². The van der Waals surface area contributed by atoms with Crippen molar-refractivity contribution >= 4 is 80.7 Å². The molecule has 1 nitrogen and oxygen atoms in total. The Bertz CT molecular complexity index is 3490. The predicted octanol–water partition coefficient (Wildman–Crippen LogP) is 10.7. The summed E-state index contributed by atoms with van der Waals surface area (Å²) >= 11 is 1.71. The molecule has 63 heavy (non-hydrogen) atoms. The van der Waals surface area contributed by atoms with Crippen molar-refractivity contribution < 1.29 is 6.85 Å². The highest BCUT2D eigenvalue weighted by Crippen LogP contribution is 2.47. The van der Waals surface area contributed by atoms with Gasteiger partial charge in [0.05, 0.1) is 12.5 Å². The zero-order chi connectivity index (χ0) is 46.8. The van der Waals surface area contributed by atoms with E-state index in [0.29, 0.717) is 5.56 Å². The average Bonchev–Trinajstić information content (AvgIpc) is 3.64. The van der Waals surface area contributed by atoms with E-state index in [9.17, 15) is 0 Å². The van der Waals surface area contributed by atoms with Crippen LogP contribution >= 0.6 is 11.8 Å². The summed E-state index contributed by atoms with van der Waals surface area (Å²) in [5.74, 6) is 0. The molecule has 0 fully saturated rings. The third-order valence-electron chi connectivity index (χ3n) is 13.5. The third kappa shape index (κ3) is 5.85. The minimum absolute atomic E-state index is 0.0722. The zero-order valence-corrected chi connectivity index (χ0v) is 37.5. The van der Waals surface area contributed by atoms with E-state index < -0.39 is 8.07 Å². The van der Waals surface area contributed by atoms with Gasteiger partial charge in [0.2, 0.25) is 6.71 Å². The van der Waals surface area contributed by atoms with Crippen LogP contribution in [0.25, 0.3) is 33.4 Å². The summed E-state index contributed by atoms with van der Waals surface area (Å²) in [5, 5.41) is 5.44. The molecule has 0 N–H and O–H groups in total. The molecule has 3 aliphatic heterocycles. The van der Waals surface area contributed by atoms with Gasteiger partial charge in [-0.25, -0.2) is 0 Å². The number of benzene rings is 9. The number of hydrogen-bond acceptors (Lipinski definition) is 2. The minimum Gasteiger partial charge on any atom is -0.311 e. The maximum atomic E-state index is 8.92. The summed E-state index contributed by atoms with van der Waals surface area (Å²) in [7, 11) is -2.91. The van der Waals surface area contributed by atoms with Crippen molar-refractivity contribution in [3.05, 3.63) is 217 Å². The van der Waals surface area contributed by atoms with Crippen LogP contribution in [0.2, 0.25) is 0 Å². The highest BCUT2D eigenvalue weighted by atomic mass is 32.2. The van der Waals surface area contributed by atoms with Gasteiger partial charge in [-0.3, -0.25) is 0 Å². The highest BCUT2D eigenvalue weighted by molar-refractivity contribution is 8.00. The van der Waals surface area contributed by atoms with E-state index >= 15 is 0 Å². The molecule has 0 unspecified atom stereocenters. The van der Waals surface area contributed by atoms with Crippen molar-refractivity contribution in [2.45, 2.75) is 42.9 Å². The molecule has 4 heteroatoms. The van der Waals surface area contributed by atoms with Gasteiger partial charge in [-0.1, -0.05) is 208 Å². The molecule has 0 radical (unpaired) electrons. The first-order chi connectivity index (χ1) is 32.9. The van der Waals surface area contributed by atoms with Crippen molar-refractivity contribution in [1.82, 2.24) is 0 Å². The SMILES string of the molecule is [2H]c1c([2H])c([2H])c(-c2ccc3c(c2)Sc2cc(C)cc4c2B3c2cc3c(cc2N4c2ccc(C(C)(C)C)cc2-c2ccccc2)-c2ccccc2[Si]3(c2ccccc2)c2ccccc2)c([2H])c1[2H]. The minimum atomic E-state index is -2.91. The quantitative estimate of drug-likeness (QED) is 0.159. The fourth-order valence-electron chi connectivity index (χ4n) is 10.7. The summed E-state index contributed by atoms with van der Waals surface area (Å²) in [5.41, 5.74) is 15.0. The Labute approximate surface area is 384 Å². The van der Waals surface area contributed by atoms with Gasteiger partial charge in [0, 0.05) is 26.7 Å². The van der Waals surface area contributed by atoms with Crippen LogP contribution in [0.5, 0.6) is 0 Å². The lowest BCUT2D eigenvalue weighted by atomic mass is 9.34. The molecule has 0 saturated heterocycles. The van der Waals surface area contributed by atoms with Crippen molar-refractivity contribution in [1.29, 1.82) is 0 Å². The predicted molar refractivity (Wildman–Crippen MR) is 273 cm³/mol. The van der Waals surface area contributed by atoms with E-state index in [-0.39, 0.29) is 47.9 Å². The van der Waals surface area contributed by atoms with Crippen molar-refractivity contribution in [2.24, 2.45) is 0 Å².